The van der Waals surface area contributed by atoms with Crippen LogP contribution >= 0.6 is 15.9 Å². The molecule has 2 aromatic carbocycles. The van der Waals surface area contributed by atoms with Crippen molar-refractivity contribution in [1.29, 1.82) is 0 Å². The number of benzene rings is 2. The van der Waals surface area contributed by atoms with Crippen molar-refractivity contribution < 1.29 is 29.1 Å². The van der Waals surface area contributed by atoms with E-state index in [1.54, 1.807) is 25.1 Å². The zero-order valence-corrected chi connectivity index (χ0v) is 17.4. The van der Waals surface area contributed by atoms with Crippen molar-refractivity contribution in [2.75, 3.05) is 13.2 Å². The first-order chi connectivity index (χ1) is 14.3. The van der Waals surface area contributed by atoms with Crippen molar-refractivity contribution in [1.82, 2.24) is 5.43 Å². The number of carboxylic acids is 1. The van der Waals surface area contributed by atoms with Crippen LogP contribution in [0.3, 0.4) is 0 Å². The van der Waals surface area contributed by atoms with Gasteiger partial charge >= 0.3 is 5.97 Å². The standard InChI is InChI=1S/C19H18BrN3O7/c1-2-29-16-8-12(7-14(20)19(16)30-11-18(25)26)10-21-22-17(24)9-13-5-3-4-6-15(13)23(27)28/h3-8,10H,2,9,11H2,1H3,(H,22,24)(H,25,26). The van der Waals surface area contributed by atoms with Crippen LogP contribution in [0.2, 0.25) is 0 Å². The Labute approximate surface area is 179 Å². The number of aliphatic carboxylic acids is 1. The largest absolute Gasteiger partial charge is 0.490 e. The van der Waals surface area contributed by atoms with E-state index in [1.165, 1.54) is 24.4 Å². The summed E-state index contributed by atoms with van der Waals surface area (Å²) >= 11 is 3.29. The maximum Gasteiger partial charge on any atom is 0.341 e. The monoisotopic (exact) mass is 479 g/mol. The summed E-state index contributed by atoms with van der Waals surface area (Å²) < 4.78 is 11.2. The molecule has 0 radical (unpaired) electrons. The van der Waals surface area contributed by atoms with Gasteiger partial charge in [-0.3, -0.25) is 14.9 Å². The first-order valence-corrected chi connectivity index (χ1v) is 9.46. The van der Waals surface area contributed by atoms with Crippen molar-refractivity contribution in [3.05, 3.63) is 62.1 Å². The highest BCUT2D eigenvalue weighted by Gasteiger charge is 2.16. The van der Waals surface area contributed by atoms with E-state index in [0.717, 1.165) is 0 Å². The molecule has 158 valence electrons. The van der Waals surface area contributed by atoms with E-state index in [0.29, 0.717) is 22.4 Å². The summed E-state index contributed by atoms with van der Waals surface area (Å²) in [4.78, 5) is 33.3. The number of carbonyl (C=O) groups excluding carboxylic acids is 1. The fourth-order valence-corrected chi connectivity index (χ4v) is 3.00. The number of nitrogens with one attached hydrogen (secondary N) is 1. The Morgan fingerprint density at radius 2 is 2.03 bits per heavy atom. The third-order valence-corrected chi connectivity index (χ3v) is 4.20. The van der Waals surface area contributed by atoms with Crippen molar-refractivity contribution in [3.8, 4) is 11.5 Å². The number of nitrogens with zero attached hydrogens (tertiary/aromatic N) is 2. The molecule has 0 bridgehead atoms. The van der Waals surface area contributed by atoms with Gasteiger partial charge in [-0.2, -0.15) is 5.10 Å². The van der Waals surface area contributed by atoms with Gasteiger partial charge in [0.15, 0.2) is 18.1 Å². The number of ether oxygens (including phenoxy) is 2. The van der Waals surface area contributed by atoms with Crippen LogP contribution in [0.4, 0.5) is 5.69 Å². The quantitative estimate of drug-likeness (QED) is 0.303. The molecular weight excluding hydrogens is 462 g/mol. The second-order valence-corrected chi connectivity index (χ2v) is 6.66. The fourth-order valence-electron chi connectivity index (χ4n) is 2.43. The van der Waals surface area contributed by atoms with Gasteiger partial charge in [0.05, 0.1) is 28.6 Å². The van der Waals surface area contributed by atoms with Gasteiger partial charge in [0.1, 0.15) is 0 Å². The van der Waals surface area contributed by atoms with Crippen LogP contribution in [0.5, 0.6) is 11.5 Å². The number of rotatable bonds is 10. The second kappa shape index (κ2) is 10.9. The Morgan fingerprint density at radius 3 is 2.70 bits per heavy atom. The van der Waals surface area contributed by atoms with Gasteiger partial charge in [0.25, 0.3) is 5.69 Å². The van der Waals surface area contributed by atoms with Crippen LogP contribution in [0, 0.1) is 10.1 Å². The number of halogens is 1. The summed E-state index contributed by atoms with van der Waals surface area (Å²) in [7, 11) is 0. The number of nitro groups is 1. The number of hydrogen-bond donors (Lipinski definition) is 2. The molecule has 0 heterocycles. The van der Waals surface area contributed by atoms with E-state index < -0.39 is 23.4 Å². The molecule has 1 amide bonds. The molecule has 2 N–H and O–H groups in total. The molecule has 0 fully saturated rings. The van der Waals surface area contributed by atoms with Gasteiger partial charge < -0.3 is 14.6 Å². The molecule has 0 saturated carbocycles. The lowest BCUT2D eigenvalue weighted by Gasteiger charge is -2.13. The lowest BCUT2D eigenvalue weighted by atomic mass is 10.1. The number of amides is 1. The Kier molecular flexibility index (Phi) is 8.29. The highest BCUT2D eigenvalue weighted by molar-refractivity contribution is 9.10. The smallest absolute Gasteiger partial charge is 0.341 e. The molecular formula is C19H18BrN3O7. The molecule has 0 aromatic heterocycles. The third-order valence-electron chi connectivity index (χ3n) is 3.61. The highest BCUT2D eigenvalue weighted by Crippen LogP contribution is 2.36. The molecule has 0 aliphatic rings. The average Bonchev–Trinajstić information content (AvgIpc) is 2.67. The van der Waals surface area contributed by atoms with Gasteiger partial charge in [0.2, 0.25) is 5.91 Å². The topological polar surface area (TPSA) is 140 Å². The molecule has 11 heteroatoms. The van der Waals surface area contributed by atoms with Gasteiger partial charge in [0, 0.05) is 11.6 Å². The van der Waals surface area contributed by atoms with Crippen LogP contribution < -0.4 is 14.9 Å². The summed E-state index contributed by atoms with van der Waals surface area (Å²) in [5.74, 6) is -1.11. The summed E-state index contributed by atoms with van der Waals surface area (Å²) in [6, 6.07) is 9.14. The minimum atomic E-state index is -1.13. The van der Waals surface area contributed by atoms with Crippen molar-refractivity contribution in [3.63, 3.8) is 0 Å². The Hall–Kier alpha value is -3.47. The van der Waals surface area contributed by atoms with Crippen LogP contribution in [0.15, 0.2) is 46.0 Å². The Balaban J connectivity index is 2.09. The van der Waals surface area contributed by atoms with Crippen molar-refractivity contribution in [2.24, 2.45) is 5.10 Å². The number of carboxylic acid groups (broad SMARTS) is 1. The maximum atomic E-state index is 12.1. The van der Waals surface area contributed by atoms with E-state index in [1.807, 2.05) is 0 Å². The second-order valence-electron chi connectivity index (χ2n) is 5.80. The number of hydrogen-bond acceptors (Lipinski definition) is 7. The molecule has 0 saturated heterocycles. The zero-order valence-electron chi connectivity index (χ0n) is 15.8. The van der Waals surface area contributed by atoms with Gasteiger partial charge in [-0.1, -0.05) is 18.2 Å². The SMILES string of the molecule is CCOc1cc(C=NNC(=O)Cc2ccccc2[N+](=O)[O-])cc(Br)c1OCC(=O)O. The van der Waals surface area contributed by atoms with E-state index in [-0.39, 0.29) is 23.4 Å². The van der Waals surface area contributed by atoms with Gasteiger partial charge in [-0.15, -0.1) is 0 Å². The normalized spacial score (nSPS) is 10.6. The lowest BCUT2D eigenvalue weighted by molar-refractivity contribution is -0.385. The molecule has 0 aliphatic carbocycles. The van der Waals surface area contributed by atoms with Crippen molar-refractivity contribution >= 4 is 39.7 Å². The van der Waals surface area contributed by atoms with Crippen LogP contribution in [-0.4, -0.2) is 41.3 Å². The molecule has 10 nitrogen and oxygen atoms in total. The van der Waals surface area contributed by atoms with Crippen LogP contribution in [0.25, 0.3) is 0 Å². The molecule has 0 aliphatic heterocycles. The minimum absolute atomic E-state index is 0.140. The molecule has 2 rings (SSSR count). The summed E-state index contributed by atoms with van der Waals surface area (Å²) in [5, 5.41) is 23.7. The fraction of sp³-hybridized carbons (Fsp3) is 0.211. The predicted molar refractivity (Wildman–Crippen MR) is 111 cm³/mol. The molecule has 2 aromatic rings. The lowest BCUT2D eigenvalue weighted by Crippen LogP contribution is -2.20. The highest BCUT2D eigenvalue weighted by atomic mass is 79.9. The molecule has 0 unspecified atom stereocenters. The van der Waals surface area contributed by atoms with E-state index in [9.17, 15) is 19.7 Å². The van der Waals surface area contributed by atoms with Crippen LogP contribution in [-0.2, 0) is 16.0 Å². The first-order valence-electron chi connectivity index (χ1n) is 8.67. The van der Waals surface area contributed by atoms with E-state index >= 15 is 0 Å². The predicted octanol–water partition coefficient (Wildman–Crippen LogP) is 2.91. The van der Waals surface area contributed by atoms with Crippen molar-refractivity contribution in [2.45, 2.75) is 13.3 Å². The zero-order chi connectivity index (χ0) is 22.1. The number of nitro benzene ring substituents is 1. The Bertz CT molecular complexity index is 979. The summed E-state index contributed by atoms with van der Waals surface area (Å²) in [5.41, 5.74) is 2.99. The third kappa shape index (κ3) is 6.55. The number of carbonyl (C=O) groups is 2. The molecule has 0 atom stereocenters. The summed E-state index contributed by atoms with van der Waals surface area (Å²) in [6.45, 7) is 1.55. The van der Waals surface area contributed by atoms with Crippen LogP contribution in [0.1, 0.15) is 18.1 Å². The van der Waals surface area contributed by atoms with Gasteiger partial charge in [-0.25, -0.2) is 10.2 Å². The van der Waals surface area contributed by atoms with E-state index in [4.69, 9.17) is 14.6 Å². The molecule has 30 heavy (non-hydrogen) atoms. The Morgan fingerprint density at radius 1 is 1.30 bits per heavy atom. The first kappa shape index (κ1) is 22.8. The maximum absolute atomic E-state index is 12.1. The van der Waals surface area contributed by atoms with Gasteiger partial charge in [-0.05, 0) is 40.5 Å². The number of para-hydroxylation sites is 1. The summed E-state index contributed by atoms with van der Waals surface area (Å²) in [6.07, 6.45) is 1.15. The minimum Gasteiger partial charge on any atom is -0.490 e. The van der Waals surface area contributed by atoms with E-state index in [2.05, 4.69) is 26.5 Å². The molecule has 0 spiro atoms. The number of hydrazone groups is 1. The average molecular weight is 480 g/mol.